The molecule has 0 radical (unpaired) electrons. The lowest BCUT2D eigenvalue weighted by Crippen LogP contribution is -2.24. The van der Waals surface area contributed by atoms with E-state index >= 15 is 0 Å². The van der Waals surface area contributed by atoms with Crippen LogP contribution in [0.5, 0.6) is 0 Å². The maximum Gasteiger partial charge on any atom is 0.0543 e. The van der Waals surface area contributed by atoms with Crippen molar-refractivity contribution in [2.45, 2.75) is 90.9 Å². The van der Waals surface area contributed by atoms with Crippen LogP contribution in [-0.2, 0) is 21.7 Å². The highest BCUT2D eigenvalue weighted by Crippen LogP contribution is 2.61. The predicted octanol–water partition coefficient (Wildman–Crippen LogP) is 18.5. The summed E-state index contributed by atoms with van der Waals surface area (Å²) in [5, 5.41) is 2.53. The third-order valence-corrected chi connectivity index (χ3v) is 15.1. The Morgan fingerprint density at radius 3 is 1.31 bits per heavy atom. The van der Waals surface area contributed by atoms with Gasteiger partial charge in [-0.15, -0.1) is 0 Å². The van der Waals surface area contributed by atoms with E-state index in [9.17, 15) is 0 Å². The first-order valence-corrected chi connectivity index (χ1v) is 24.1. The van der Waals surface area contributed by atoms with Crippen LogP contribution in [0.15, 0.2) is 167 Å². The molecule has 0 atom stereocenters. The van der Waals surface area contributed by atoms with Crippen LogP contribution in [0.3, 0.4) is 0 Å². The van der Waals surface area contributed by atoms with Gasteiger partial charge in [0.25, 0.3) is 0 Å². The van der Waals surface area contributed by atoms with Gasteiger partial charge in [-0.2, -0.15) is 0 Å². The largest absolute Gasteiger partial charge is 0.310 e. The zero-order valence-electron chi connectivity index (χ0n) is 38.7. The van der Waals surface area contributed by atoms with Crippen LogP contribution in [0.2, 0.25) is 0 Å². The molecule has 0 fully saturated rings. The lowest BCUT2D eigenvalue weighted by molar-refractivity contribution is 0.590. The van der Waals surface area contributed by atoms with Crippen molar-refractivity contribution >= 4 is 76.8 Å². The molecule has 0 spiro atoms. The lowest BCUT2D eigenvalue weighted by Gasteiger charge is -2.32. The van der Waals surface area contributed by atoms with Crippen LogP contribution in [0.4, 0.5) is 34.1 Å². The number of benzene rings is 8. The maximum absolute atomic E-state index is 3.71. The molecule has 8 aromatic carbocycles. The fraction of sp³-hybridized carbons (Fsp3) is 0.233. The summed E-state index contributed by atoms with van der Waals surface area (Å²) in [5.74, 6) is 0. The minimum absolute atomic E-state index is 0.0591. The molecular formula is C60H56Br2N2. The average molecular weight is 965 g/mol. The number of rotatable bonds is 6. The molecule has 0 aliphatic heterocycles. The van der Waals surface area contributed by atoms with Crippen LogP contribution in [0.1, 0.15) is 103 Å². The van der Waals surface area contributed by atoms with Crippen molar-refractivity contribution in [3.05, 3.63) is 200 Å². The Morgan fingerprint density at radius 2 is 0.797 bits per heavy atom. The Bertz CT molecular complexity index is 3110. The molecular weight excluding hydrogens is 908 g/mol. The van der Waals surface area contributed by atoms with Crippen LogP contribution < -0.4 is 9.80 Å². The fourth-order valence-electron chi connectivity index (χ4n) is 10.6. The average Bonchev–Trinajstić information content (AvgIpc) is 3.63. The lowest BCUT2D eigenvalue weighted by atomic mass is 9.72. The van der Waals surface area contributed by atoms with Gasteiger partial charge in [0, 0.05) is 53.6 Å². The number of hydrogen-bond donors (Lipinski definition) is 0. The van der Waals surface area contributed by atoms with Crippen LogP contribution >= 0.6 is 31.9 Å². The standard InChI is InChI=1S/C60H56Br2N2/c1-57(2,3)37-15-23-41(24-16-37)63(42-27-19-39(61)20-28-42)45-31-32-46-49-33-34-50-54-48-14-12-11-13-47(48)53(36-52(54)60(9,10)56(50)55(49)59(7,8)51(46)35-45)64(44-29-21-40(62)22-30-44)43-25-17-38(18-26-43)58(4,5)6/h11-36H,1-10H3. The molecule has 0 unspecified atom stereocenters. The van der Waals surface area contributed by atoms with Gasteiger partial charge >= 0.3 is 0 Å². The minimum Gasteiger partial charge on any atom is -0.310 e. The number of hydrogen-bond acceptors (Lipinski definition) is 2. The van der Waals surface area contributed by atoms with Gasteiger partial charge in [0.05, 0.1) is 5.69 Å². The maximum atomic E-state index is 3.71. The van der Waals surface area contributed by atoms with E-state index in [0.717, 1.165) is 37.4 Å². The molecule has 10 rings (SSSR count). The Balaban J connectivity index is 1.13. The predicted molar refractivity (Wildman–Crippen MR) is 281 cm³/mol. The summed E-state index contributed by atoms with van der Waals surface area (Å²) in [6.45, 7) is 23.5. The Hall–Kier alpha value is -5.42. The zero-order valence-corrected chi connectivity index (χ0v) is 41.8. The van der Waals surface area contributed by atoms with E-state index in [0.29, 0.717) is 0 Å². The molecule has 2 aliphatic rings. The second-order valence-corrected chi connectivity index (χ2v) is 22.8. The smallest absolute Gasteiger partial charge is 0.0543 e. The topological polar surface area (TPSA) is 6.48 Å². The number of fused-ring (bicyclic) bond motifs is 9. The summed E-state index contributed by atoms with van der Waals surface area (Å²) < 4.78 is 2.13. The van der Waals surface area contributed by atoms with E-state index in [1.54, 1.807) is 0 Å². The number of anilines is 6. The van der Waals surface area contributed by atoms with E-state index in [1.807, 2.05) is 0 Å². The highest BCUT2D eigenvalue weighted by Gasteiger charge is 2.47. The zero-order chi connectivity index (χ0) is 45.1. The molecule has 2 nitrogen and oxygen atoms in total. The summed E-state index contributed by atoms with van der Waals surface area (Å²) >= 11 is 7.40. The Kier molecular flexibility index (Phi) is 10.0. The fourth-order valence-corrected chi connectivity index (χ4v) is 11.2. The van der Waals surface area contributed by atoms with Gasteiger partial charge in [-0.3, -0.25) is 0 Å². The van der Waals surface area contributed by atoms with Crippen LogP contribution in [-0.4, -0.2) is 0 Å². The van der Waals surface area contributed by atoms with Crippen molar-refractivity contribution in [1.82, 2.24) is 0 Å². The molecule has 0 N–H and O–H groups in total. The van der Waals surface area contributed by atoms with Crippen molar-refractivity contribution in [3.63, 3.8) is 0 Å². The van der Waals surface area contributed by atoms with Gasteiger partial charge in [-0.05, 0) is 163 Å². The second kappa shape index (κ2) is 15.1. The molecule has 0 saturated carbocycles. The van der Waals surface area contributed by atoms with Crippen LogP contribution in [0, 0.1) is 0 Å². The first-order chi connectivity index (χ1) is 30.3. The third-order valence-electron chi connectivity index (χ3n) is 14.0. The summed E-state index contributed by atoms with van der Waals surface area (Å²) in [6.07, 6.45) is 0. The SMILES string of the molecule is CC(C)(C)c1ccc(N(c2ccc(Br)cc2)c2ccc3c(c2)C(C)(C)c2c-3ccc3c2C(C)(C)c2cc(N(c4ccc(Br)cc4)c4ccc(C(C)(C)C)cc4)c4ccccc4c2-3)cc1. The summed E-state index contributed by atoms with van der Waals surface area (Å²) in [6, 6.07) is 59.3. The molecule has 0 bridgehead atoms. The molecule has 4 heteroatoms. The first-order valence-electron chi connectivity index (χ1n) is 22.6. The molecule has 0 heterocycles. The Morgan fingerprint density at radius 1 is 0.391 bits per heavy atom. The first kappa shape index (κ1) is 42.5. The highest BCUT2D eigenvalue weighted by molar-refractivity contribution is 9.10. The van der Waals surface area contributed by atoms with E-state index < -0.39 is 0 Å². The van der Waals surface area contributed by atoms with Crippen molar-refractivity contribution in [2.24, 2.45) is 0 Å². The van der Waals surface area contributed by atoms with E-state index in [-0.39, 0.29) is 21.7 Å². The van der Waals surface area contributed by atoms with Gasteiger partial charge in [-0.25, -0.2) is 0 Å². The molecule has 0 amide bonds. The molecule has 0 aromatic heterocycles. The van der Waals surface area contributed by atoms with E-state index in [2.05, 4.69) is 269 Å². The minimum atomic E-state index is -0.281. The van der Waals surface area contributed by atoms with Crippen molar-refractivity contribution < 1.29 is 0 Å². The molecule has 2 aliphatic carbocycles. The number of nitrogens with zero attached hydrogens (tertiary/aromatic N) is 2. The van der Waals surface area contributed by atoms with Gasteiger partial charge in [0.15, 0.2) is 0 Å². The van der Waals surface area contributed by atoms with Crippen molar-refractivity contribution in [2.75, 3.05) is 9.80 Å². The summed E-state index contributed by atoms with van der Waals surface area (Å²) in [7, 11) is 0. The quantitative estimate of drug-likeness (QED) is 0.164. The monoisotopic (exact) mass is 962 g/mol. The van der Waals surface area contributed by atoms with E-state index in [1.165, 1.54) is 72.1 Å². The third kappa shape index (κ3) is 6.86. The molecule has 0 saturated heterocycles. The molecule has 64 heavy (non-hydrogen) atoms. The van der Waals surface area contributed by atoms with Crippen LogP contribution in [0.25, 0.3) is 33.0 Å². The normalized spacial score (nSPS) is 14.5. The number of halogens is 2. The Labute approximate surface area is 397 Å². The summed E-state index contributed by atoms with van der Waals surface area (Å²) in [5.41, 5.74) is 20.1. The van der Waals surface area contributed by atoms with Crippen molar-refractivity contribution in [1.29, 1.82) is 0 Å². The van der Waals surface area contributed by atoms with Gasteiger partial charge in [0.2, 0.25) is 0 Å². The summed E-state index contributed by atoms with van der Waals surface area (Å²) in [4.78, 5) is 4.87. The van der Waals surface area contributed by atoms with Gasteiger partial charge in [-0.1, -0.05) is 168 Å². The molecule has 8 aromatic rings. The van der Waals surface area contributed by atoms with E-state index in [4.69, 9.17) is 0 Å². The van der Waals surface area contributed by atoms with Gasteiger partial charge < -0.3 is 9.80 Å². The van der Waals surface area contributed by atoms with Crippen molar-refractivity contribution in [3.8, 4) is 22.3 Å². The van der Waals surface area contributed by atoms with Gasteiger partial charge in [0.1, 0.15) is 0 Å². The molecule has 320 valence electrons. The second-order valence-electron chi connectivity index (χ2n) is 21.0. The highest BCUT2D eigenvalue weighted by atomic mass is 79.9.